The fraction of sp³-hybridized carbons (Fsp3) is 0.143. The molecule has 0 atom stereocenters. The molecule has 0 unspecified atom stereocenters. The number of ether oxygens (including phenoxy) is 1. The van der Waals surface area contributed by atoms with Crippen LogP contribution in [-0.4, -0.2) is 15.5 Å². The summed E-state index contributed by atoms with van der Waals surface area (Å²) in [5.74, 6) is 0.336. The lowest BCUT2D eigenvalue weighted by molar-refractivity contribution is 0.411. The van der Waals surface area contributed by atoms with Gasteiger partial charge in [-0.15, -0.1) is 3.89 Å². The second-order valence-electron chi connectivity index (χ2n) is 2.36. The van der Waals surface area contributed by atoms with Gasteiger partial charge in [0.2, 0.25) is 0 Å². The molecule has 0 aliphatic carbocycles. The summed E-state index contributed by atoms with van der Waals surface area (Å²) in [5, 5.41) is -0.215. The molecule has 0 spiro atoms. The van der Waals surface area contributed by atoms with E-state index >= 15 is 0 Å². The van der Waals surface area contributed by atoms with Gasteiger partial charge in [0.05, 0.1) is 16.6 Å². The zero-order valence-electron chi connectivity index (χ0n) is 6.92. The Morgan fingerprint density at radius 2 is 2.07 bits per heavy atom. The van der Waals surface area contributed by atoms with Crippen molar-refractivity contribution in [3.63, 3.8) is 0 Å². The van der Waals surface area contributed by atoms with Gasteiger partial charge in [0, 0.05) is 6.07 Å². The molecular formula is C7H5BrClFO3S. The van der Waals surface area contributed by atoms with Gasteiger partial charge in [-0.3, -0.25) is 0 Å². The first-order chi connectivity index (χ1) is 6.36. The van der Waals surface area contributed by atoms with Gasteiger partial charge in [0.25, 0.3) is 0 Å². The largest absolute Gasteiger partial charge is 0.496 e. The van der Waals surface area contributed by atoms with Crippen LogP contribution < -0.4 is 4.74 Å². The average molecular weight is 304 g/mol. The molecule has 7 heteroatoms. The predicted octanol–water partition coefficient (Wildman–Crippen LogP) is 2.77. The molecule has 14 heavy (non-hydrogen) atoms. The van der Waals surface area contributed by atoms with E-state index in [1.54, 1.807) is 0 Å². The highest BCUT2D eigenvalue weighted by Gasteiger charge is 2.19. The van der Waals surface area contributed by atoms with Gasteiger partial charge in [-0.05, 0) is 22.0 Å². The Bertz CT molecular complexity index is 460. The van der Waals surface area contributed by atoms with Crippen LogP contribution in [-0.2, 0) is 10.2 Å². The molecule has 0 N–H and O–H groups in total. The second kappa shape index (κ2) is 4.04. The van der Waals surface area contributed by atoms with Crippen LogP contribution in [0.25, 0.3) is 0 Å². The Labute approximate surface area is 94.2 Å². The lowest BCUT2D eigenvalue weighted by atomic mass is 10.3. The summed E-state index contributed by atoms with van der Waals surface area (Å²) in [4.78, 5) is -0.577. The summed E-state index contributed by atoms with van der Waals surface area (Å²) in [6.07, 6.45) is 0. The summed E-state index contributed by atoms with van der Waals surface area (Å²) in [7, 11) is -3.41. The minimum absolute atomic E-state index is 0.215. The van der Waals surface area contributed by atoms with Crippen LogP contribution in [0.1, 0.15) is 0 Å². The van der Waals surface area contributed by atoms with Gasteiger partial charge < -0.3 is 4.74 Å². The SMILES string of the molecule is COc1cc(Cl)c(S(=O)(=O)F)cc1Br. The Morgan fingerprint density at radius 1 is 1.50 bits per heavy atom. The number of benzene rings is 1. The summed E-state index contributed by atoms with van der Waals surface area (Å²) in [6, 6.07) is 2.27. The van der Waals surface area contributed by atoms with E-state index in [4.69, 9.17) is 16.3 Å². The molecule has 1 aromatic rings. The number of methoxy groups -OCH3 is 1. The lowest BCUT2D eigenvalue weighted by Crippen LogP contribution is -1.95. The summed E-state index contributed by atoms with van der Waals surface area (Å²) >= 11 is 8.56. The van der Waals surface area contributed by atoms with Crippen LogP contribution in [0.3, 0.4) is 0 Å². The van der Waals surface area contributed by atoms with Gasteiger partial charge in [-0.25, -0.2) is 0 Å². The van der Waals surface area contributed by atoms with E-state index in [1.807, 2.05) is 0 Å². The number of halogens is 3. The molecule has 0 heterocycles. The van der Waals surface area contributed by atoms with Crippen molar-refractivity contribution in [1.29, 1.82) is 0 Å². The van der Waals surface area contributed by atoms with Crippen LogP contribution in [0.2, 0.25) is 5.02 Å². The zero-order valence-corrected chi connectivity index (χ0v) is 10.1. The monoisotopic (exact) mass is 302 g/mol. The third kappa shape index (κ3) is 2.37. The van der Waals surface area contributed by atoms with Gasteiger partial charge in [-0.2, -0.15) is 8.42 Å². The van der Waals surface area contributed by atoms with Gasteiger partial charge in [0.1, 0.15) is 10.6 Å². The quantitative estimate of drug-likeness (QED) is 0.789. The third-order valence-corrected chi connectivity index (χ3v) is 3.38. The van der Waals surface area contributed by atoms with Crippen LogP contribution >= 0.6 is 27.5 Å². The van der Waals surface area contributed by atoms with Crippen molar-refractivity contribution in [1.82, 2.24) is 0 Å². The fourth-order valence-corrected chi connectivity index (χ4v) is 2.49. The maximum Gasteiger partial charge on any atom is 0.333 e. The number of hydrogen-bond donors (Lipinski definition) is 0. The molecule has 0 radical (unpaired) electrons. The molecule has 0 saturated carbocycles. The first-order valence-electron chi connectivity index (χ1n) is 3.34. The van der Waals surface area contributed by atoms with Crippen molar-refractivity contribution < 1.29 is 17.0 Å². The standard InChI is InChI=1S/C7H5BrClFO3S/c1-13-6-3-5(9)7(2-4(6)8)14(10,11)12/h2-3H,1H3. The van der Waals surface area contributed by atoms with Gasteiger partial charge >= 0.3 is 10.2 Å². The Hall–Kier alpha value is -0.330. The van der Waals surface area contributed by atoms with Crippen molar-refractivity contribution in [2.24, 2.45) is 0 Å². The molecule has 0 aliphatic rings. The van der Waals surface area contributed by atoms with Crippen LogP contribution in [0.4, 0.5) is 3.89 Å². The van der Waals surface area contributed by atoms with Crippen molar-refractivity contribution >= 4 is 37.8 Å². The minimum Gasteiger partial charge on any atom is -0.496 e. The molecule has 0 fully saturated rings. The smallest absolute Gasteiger partial charge is 0.333 e. The Morgan fingerprint density at radius 3 is 2.50 bits per heavy atom. The molecule has 1 aromatic carbocycles. The van der Waals surface area contributed by atoms with Gasteiger partial charge in [-0.1, -0.05) is 11.6 Å². The van der Waals surface area contributed by atoms with Crippen molar-refractivity contribution in [3.05, 3.63) is 21.6 Å². The molecular weight excluding hydrogens is 298 g/mol. The average Bonchev–Trinajstić information content (AvgIpc) is 2.06. The third-order valence-electron chi connectivity index (χ3n) is 1.47. The van der Waals surface area contributed by atoms with Crippen LogP contribution in [0.15, 0.2) is 21.5 Å². The molecule has 3 nitrogen and oxygen atoms in total. The maximum absolute atomic E-state index is 12.6. The van der Waals surface area contributed by atoms with E-state index in [-0.39, 0.29) is 5.02 Å². The minimum atomic E-state index is -4.80. The highest BCUT2D eigenvalue weighted by Crippen LogP contribution is 2.34. The lowest BCUT2D eigenvalue weighted by Gasteiger charge is -2.05. The van der Waals surface area contributed by atoms with Crippen molar-refractivity contribution in [2.75, 3.05) is 7.11 Å². The Kier molecular flexibility index (Phi) is 3.39. The summed E-state index contributed by atoms with van der Waals surface area (Å²) < 4.78 is 39.0. The Balaban J connectivity index is 3.44. The maximum atomic E-state index is 12.6. The van der Waals surface area contributed by atoms with E-state index in [0.717, 1.165) is 6.07 Å². The van der Waals surface area contributed by atoms with E-state index < -0.39 is 15.1 Å². The van der Waals surface area contributed by atoms with E-state index in [9.17, 15) is 12.3 Å². The van der Waals surface area contributed by atoms with Crippen molar-refractivity contribution in [3.8, 4) is 5.75 Å². The molecule has 78 valence electrons. The zero-order chi connectivity index (χ0) is 10.9. The molecule has 0 aromatic heterocycles. The van der Waals surface area contributed by atoms with Crippen LogP contribution in [0, 0.1) is 0 Å². The molecule has 0 bridgehead atoms. The first kappa shape index (κ1) is 11.7. The highest BCUT2D eigenvalue weighted by molar-refractivity contribution is 9.10. The van der Waals surface area contributed by atoms with Crippen LogP contribution in [0.5, 0.6) is 5.75 Å². The van der Waals surface area contributed by atoms with Gasteiger partial charge in [0.15, 0.2) is 0 Å². The highest BCUT2D eigenvalue weighted by atomic mass is 79.9. The molecule has 0 saturated heterocycles. The summed E-state index contributed by atoms with van der Waals surface area (Å²) in [6.45, 7) is 0. The molecule has 0 aliphatic heterocycles. The first-order valence-corrected chi connectivity index (χ1v) is 5.89. The molecule has 0 amide bonds. The summed E-state index contributed by atoms with van der Waals surface area (Å²) in [5.41, 5.74) is 0. The number of hydrogen-bond acceptors (Lipinski definition) is 3. The van der Waals surface area contributed by atoms with E-state index in [0.29, 0.717) is 10.2 Å². The second-order valence-corrected chi connectivity index (χ2v) is 4.93. The molecule has 1 rings (SSSR count). The topological polar surface area (TPSA) is 43.4 Å². The fourth-order valence-electron chi connectivity index (χ4n) is 0.854. The van der Waals surface area contributed by atoms with E-state index in [2.05, 4.69) is 15.9 Å². The normalized spacial score (nSPS) is 11.4. The predicted molar refractivity (Wildman–Crippen MR) is 54.0 cm³/mol. The van der Waals surface area contributed by atoms with E-state index in [1.165, 1.54) is 13.2 Å². The van der Waals surface area contributed by atoms with Crippen molar-refractivity contribution in [2.45, 2.75) is 4.90 Å². The number of rotatable bonds is 2.